The van der Waals surface area contributed by atoms with Gasteiger partial charge in [0, 0.05) is 28.7 Å². The summed E-state index contributed by atoms with van der Waals surface area (Å²) in [6.45, 7) is 7.51. The van der Waals surface area contributed by atoms with Crippen molar-refractivity contribution in [3.8, 4) is 0 Å². The number of amides is 1. The van der Waals surface area contributed by atoms with Crippen molar-refractivity contribution in [3.05, 3.63) is 63.6 Å². The Balaban J connectivity index is 1.88. The van der Waals surface area contributed by atoms with Gasteiger partial charge in [-0.1, -0.05) is 70.9 Å². The average molecular weight is 493 g/mol. The third-order valence-corrected chi connectivity index (χ3v) is 6.56. The predicted molar refractivity (Wildman–Crippen MR) is 128 cm³/mol. The van der Waals surface area contributed by atoms with Crippen LogP contribution in [0.2, 0.25) is 5.02 Å². The Hall–Kier alpha value is -1.73. The molecular formula is C22H23BrClN3OS. The summed E-state index contributed by atoms with van der Waals surface area (Å²) in [5.41, 5.74) is 1.71. The van der Waals surface area contributed by atoms with Crippen molar-refractivity contribution in [2.75, 3.05) is 31.1 Å². The maximum absolute atomic E-state index is 13.1. The van der Waals surface area contributed by atoms with Crippen molar-refractivity contribution in [3.63, 3.8) is 0 Å². The lowest BCUT2D eigenvalue weighted by molar-refractivity contribution is -0.114. The molecular weight excluding hydrogens is 470 g/mol. The van der Waals surface area contributed by atoms with E-state index in [0.29, 0.717) is 16.7 Å². The van der Waals surface area contributed by atoms with Gasteiger partial charge in [-0.3, -0.25) is 9.69 Å². The van der Waals surface area contributed by atoms with Gasteiger partial charge >= 0.3 is 0 Å². The van der Waals surface area contributed by atoms with Gasteiger partial charge in [-0.15, -0.1) is 0 Å². The number of aromatic nitrogens is 1. The van der Waals surface area contributed by atoms with Crippen LogP contribution in [-0.4, -0.2) is 42.0 Å². The van der Waals surface area contributed by atoms with Crippen LogP contribution in [0.4, 0.5) is 5.13 Å². The number of hydrogen-bond donors (Lipinski definition) is 0. The Morgan fingerprint density at radius 2 is 1.93 bits per heavy atom. The number of fused-ring (bicyclic) bond motifs is 1. The van der Waals surface area contributed by atoms with Crippen LogP contribution in [0.1, 0.15) is 19.4 Å². The number of hydrogen-bond acceptors (Lipinski definition) is 4. The fourth-order valence-electron chi connectivity index (χ4n) is 2.94. The first-order valence-electron chi connectivity index (χ1n) is 9.54. The van der Waals surface area contributed by atoms with E-state index in [1.165, 1.54) is 11.3 Å². The molecule has 0 saturated heterocycles. The van der Waals surface area contributed by atoms with E-state index in [4.69, 9.17) is 16.6 Å². The Morgan fingerprint density at radius 3 is 2.66 bits per heavy atom. The van der Waals surface area contributed by atoms with Gasteiger partial charge in [-0.05, 0) is 49.0 Å². The van der Waals surface area contributed by atoms with Gasteiger partial charge in [0.15, 0.2) is 5.13 Å². The first-order valence-corrected chi connectivity index (χ1v) is 11.5. The zero-order valence-corrected chi connectivity index (χ0v) is 19.6. The molecule has 1 aromatic heterocycles. The minimum absolute atomic E-state index is 0.102. The highest BCUT2D eigenvalue weighted by atomic mass is 79.9. The maximum atomic E-state index is 13.1. The average Bonchev–Trinajstić information content (AvgIpc) is 3.13. The summed E-state index contributed by atoms with van der Waals surface area (Å²) < 4.78 is 2.05. The van der Waals surface area contributed by atoms with E-state index in [-0.39, 0.29) is 5.91 Å². The van der Waals surface area contributed by atoms with Crippen LogP contribution in [-0.2, 0) is 4.79 Å². The lowest BCUT2D eigenvalue weighted by Gasteiger charge is -2.23. The fraction of sp³-hybridized carbons (Fsp3) is 0.273. The van der Waals surface area contributed by atoms with Gasteiger partial charge in [0.05, 0.1) is 10.2 Å². The molecule has 0 fully saturated rings. The Labute approximate surface area is 188 Å². The SMILES string of the molecule is CCN(CC)CCN(C(=O)/C=C/c1ccccc1Cl)c1nc2ccc(Br)cc2s1. The van der Waals surface area contributed by atoms with Crippen LogP contribution < -0.4 is 4.90 Å². The number of likely N-dealkylation sites (N-methyl/N-ethyl adjacent to an activating group) is 1. The summed E-state index contributed by atoms with van der Waals surface area (Å²) in [4.78, 5) is 21.8. The fourth-order valence-corrected chi connectivity index (χ4v) is 4.69. The molecule has 0 saturated carbocycles. The van der Waals surface area contributed by atoms with E-state index in [0.717, 1.165) is 39.9 Å². The van der Waals surface area contributed by atoms with Crippen molar-refractivity contribution in [1.82, 2.24) is 9.88 Å². The smallest absolute Gasteiger partial charge is 0.252 e. The van der Waals surface area contributed by atoms with Gasteiger partial charge in [0.1, 0.15) is 0 Å². The molecule has 3 rings (SSSR count). The molecule has 152 valence electrons. The summed E-state index contributed by atoms with van der Waals surface area (Å²) >= 11 is 11.2. The molecule has 7 heteroatoms. The van der Waals surface area contributed by atoms with Crippen molar-refractivity contribution in [2.45, 2.75) is 13.8 Å². The van der Waals surface area contributed by atoms with Crippen LogP contribution in [0.25, 0.3) is 16.3 Å². The number of carbonyl (C=O) groups is 1. The summed E-state index contributed by atoms with van der Waals surface area (Å²) in [6, 6.07) is 13.4. The number of thiazole rings is 1. The lowest BCUT2D eigenvalue weighted by Crippen LogP contribution is -2.38. The molecule has 4 nitrogen and oxygen atoms in total. The molecule has 0 aliphatic carbocycles. The molecule has 3 aromatic rings. The summed E-state index contributed by atoms with van der Waals surface area (Å²) in [7, 11) is 0. The van der Waals surface area contributed by atoms with E-state index < -0.39 is 0 Å². The molecule has 2 aromatic carbocycles. The molecule has 0 N–H and O–H groups in total. The molecule has 1 heterocycles. The lowest BCUT2D eigenvalue weighted by atomic mass is 10.2. The van der Waals surface area contributed by atoms with Gasteiger partial charge in [-0.25, -0.2) is 4.98 Å². The second kappa shape index (κ2) is 10.3. The molecule has 0 spiro atoms. The quantitative estimate of drug-likeness (QED) is 0.356. The van der Waals surface area contributed by atoms with Gasteiger partial charge in [0.2, 0.25) is 0 Å². The molecule has 0 radical (unpaired) electrons. The summed E-state index contributed by atoms with van der Waals surface area (Å²) in [5, 5.41) is 1.33. The van der Waals surface area contributed by atoms with E-state index in [2.05, 4.69) is 34.7 Å². The zero-order chi connectivity index (χ0) is 20.8. The van der Waals surface area contributed by atoms with Crippen molar-refractivity contribution in [2.24, 2.45) is 0 Å². The highest BCUT2D eigenvalue weighted by Gasteiger charge is 2.19. The van der Waals surface area contributed by atoms with Crippen LogP contribution in [0, 0.1) is 0 Å². The van der Waals surface area contributed by atoms with Crippen molar-refractivity contribution in [1.29, 1.82) is 0 Å². The zero-order valence-electron chi connectivity index (χ0n) is 16.4. The third kappa shape index (κ3) is 5.66. The second-order valence-electron chi connectivity index (χ2n) is 6.48. The van der Waals surface area contributed by atoms with E-state index in [1.807, 2.05) is 42.5 Å². The first kappa shape index (κ1) is 22.0. The van der Waals surface area contributed by atoms with Gasteiger partial charge < -0.3 is 4.90 Å². The second-order valence-corrected chi connectivity index (χ2v) is 8.81. The monoisotopic (exact) mass is 491 g/mol. The molecule has 0 atom stereocenters. The Morgan fingerprint density at radius 1 is 1.17 bits per heavy atom. The van der Waals surface area contributed by atoms with Crippen LogP contribution >= 0.6 is 38.9 Å². The molecule has 0 aliphatic rings. The highest BCUT2D eigenvalue weighted by Crippen LogP contribution is 2.31. The number of halogens is 2. The topological polar surface area (TPSA) is 36.4 Å². The Bertz CT molecular complexity index is 1020. The number of nitrogens with zero attached hydrogens (tertiary/aromatic N) is 3. The largest absolute Gasteiger partial charge is 0.302 e. The summed E-state index contributed by atoms with van der Waals surface area (Å²) in [6.07, 6.45) is 3.34. The van der Waals surface area contributed by atoms with E-state index in [1.54, 1.807) is 17.1 Å². The van der Waals surface area contributed by atoms with Crippen molar-refractivity contribution >= 4 is 66.2 Å². The van der Waals surface area contributed by atoms with E-state index in [9.17, 15) is 4.79 Å². The number of benzene rings is 2. The molecule has 0 aliphatic heterocycles. The number of rotatable bonds is 8. The maximum Gasteiger partial charge on any atom is 0.252 e. The van der Waals surface area contributed by atoms with Crippen LogP contribution in [0.3, 0.4) is 0 Å². The van der Waals surface area contributed by atoms with E-state index >= 15 is 0 Å². The van der Waals surface area contributed by atoms with Gasteiger partial charge in [0.25, 0.3) is 5.91 Å². The van der Waals surface area contributed by atoms with Crippen LogP contribution in [0.5, 0.6) is 0 Å². The normalized spacial score (nSPS) is 11.6. The first-order chi connectivity index (χ1) is 14.0. The molecule has 0 bridgehead atoms. The standard InChI is InChI=1S/C22H23BrClN3OS/c1-3-26(4-2)13-14-27(21(28)12-9-16-7-5-6-8-18(16)24)22-25-19-11-10-17(23)15-20(19)29-22/h5-12,15H,3-4,13-14H2,1-2H3/b12-9+. The van der Waals surface area contributed by atoms with Crippen LogP contribution in [0.15, 0.2) is 53.0 Å². The number of anilines is 1. The summed E-state index contributed by atoms with van der Waals surface area (Å²) in [5.74, 6) is -0.102. The van der Waals surface area contributed by atoms with Crippen molar-refractivity contribution < 1.29 is 4.79 Å². The predicted octanol–water partition coefficient (Wildman–Crippen LogP) is 6.10. The highest BCUT2D eigenvalue weighted by molar-refractivity contribution is 9.10. The minimum Gasteiger partial charge on any atom is -0.302 e. The Kier molecular flexibility index (Phi) is 7.84. The van der Waals surface area contributed by atoms with Gasteiger partial charge in [-0.2, -0.15) is 0 Å². The molecule has 0 unspecified atom stereocenters. The third-order valence-electron chi connectivity index (χ3n) is 4.68. The molecule has 1 amide bonds. The number of carbonyl (C=O) groups excluding carboxylic acids is 1. The molecule has 29 heavy (non-hydrogen) atoms. The minimum atomic E-state index is -0.102.